The van der Waals surface area contributed by atoms with Gasteiger partial charge in [-0.1, -0.05) is 35.9 Å². The first kappa shape index (κ1) is 16.9. The quantitative estimate of drug-likeness (QED) is 0.760. The summed E-state index contributed by atoms with van der Waals surface area (Å²) in [5, 5.41) is 0.712. The number of hydrogen-bond acceptors (Lipinski definition) is 2. The Balaban J connectivity index is 1.50. The van der Waals surface area contributed by atoms with Crippen molar-refractivity contribution in [3.63, 3.8) is 0 Å². The summed E-state index contributed by atoms with van der Waals surface area (Å²) in [6.45, 7) is 0.781. The van der Waals surface area contributed by atoms with Crippen LogP contribution >= 0.6 is 23.4 Å². The van der Waals surface area contributed by atoms with Crippen LogP contribution in [-0.4, -0.2) is 28.9 Å². The largest absolute Gasteiger partial charge is 0.334 e. The van der Waals surface area contributed by atoms with Gasteiger partial charge in [0.1, 0.15) is 5.82 Å². The average molecular weight is 376 g/mol. The summed E-state index contributed by atoms with van der Waals surface area (Å²) in [6.07, 6.45) is 0.863. The molecule has 130 valence electrons. The van der Waals surface area contributed by atoms with Crippen molar-refractivity contribution in [2.24, 2.45) is 5.92 Å². The molecule has 0 aromatic heterocycles. The summed E-state index contributed by atoms with van der Waals surface area (Å²) < 4.78 is 13.1. The first-order valence-corrected chi connectivity index (χ1v) is 10.1. The highest BCUT2D eigenvalue weighted by molar-refractivity contribution is 7.99. The number of halogens is 2. The van der Waals surface area contributed by atoms with Crippen molar-refractivity contribution in [2.75, 3.05) is 18.1 Å². The standard InChI is InChI=1S/C20H19ClFNOS/c21-15-5-1-14(2-6-15)19-12-25-10-9-23(19)20(24)18-11-17(18)13-3-7-16(22)8-4-13/h1-8,17-19H,9-12H2. The Hall–Kier alpha value is -1.52. The van der Waals surface area contributed by atoms with E-state index in [1.165, 1.54) is 12.1 Å². The predicted molar refractivity (Wildman–Crippen MR) is 100 cm³/mol. The molecule has 2 aromatic rings. The van der Waals surface area contributed by atoms with Crippen molar-refractivity contribution < 1.29 is 9.18 Å². The minimum absolute atomic E-state index is 0.0309. The van der Waals surface area contributed by atoms with E-state index in [4.69, 9.17) is 11.6 Å². The molecule has 2 nitrogen and oxygen atoms in total. The Kier molecular flexibility index (Phi) is 4.74. The van der Waals surface area contributed by atoms with Gasteiger partial charge in [-0.15, -0.1) is 0 Å². The molecule has 0 N–H and O–H groups in total. The van der Waals surface area contributed by atoms with Gasteiger partial charge in [-0.05, 0) is 47.7 Å². The highest BCUT2D eigenvalue weighted by Crippen LogP contribution is 2.49. The minimum Gasteiger partial charge on any atom is -0.334 e. The minimum atomic E-state index is -0.233. The van der Waals surface area contributed by atoms with Crippen LogP contribution in [0.2, 0.25) is 5.02 Å². The zero-order valence-electron chi connectivity index (χ0n) is 13.7. The van der Waals surface area contributed by atoms with Crippen molar-refractivity contribution in [3.8, 4) is 0 Å². The topological polar surface area (TPSA) is 20.3 Å². The van der Waals surface area contributed by atoms with E-state index in [-0.39, 0.29) is 29.6 Å². The van der Waals surface area contributed by atoms with E-state index in [1.807, 2.05) is 40.9 Å². The highest BCUT2D eigenvalue weighted by atomic mass is 35.5. The molecule has 1 saturated heterocycles. The SMILES string of the molecule is O=C(C1CC1c1ccc(F)cc1)N1CCSCC1c1ccc(Cl)cc1. The molecule has 2 aliphatic rings. The van der Waals surface area contributed by atoms with Crippen molar-refractivity contribution in [1.82, 2.24) is 4.90 Å². The van der Waals surface area contributed by atoms with Crippen LogP contribution in [0.1, 0.15) is 29.5 Å². The normalized spacial score (nSPS) is 25.7. The second-order valence-corrected chi connectivity index (χ2v) is 8.26. The molecule has 1 aliphatic carbocycles. The number of rotatable bonds is 3. The molecule has 0 bridgehead atoms. The first-order chi connectivity index (χ1) is 12.1. The number of carbonyl (C=O) groups excluding carboxylic acids is 1. The second-order valence-electron chi connectivity index (χ2n) is 6.67. The lowest BCUT2D eigenvalue weighted by atomic mass is 10.0. The van der Waals surface area contributed by atoms with Crippen molar-refractivity contribution in [3.05, 3.63) is 70.5 Å². The Bertz CT molecular complexity index is 764. The van der Waals surface area contributed by atoms with Crippen molar-refractivity contribution >= 4 is 29.3 Å². The number of hydrogen-bond donors (Lipinski definition) is 0. The fourth-order valence-electron chi connectivity index (χ4n) is 3.59. The van der Waals surface area contributed by atoms with Gasteiger partial charge in [0.2, 0.25) is 5.91 Å². The van der Waals surface area contributed by atoms with Gasteiger partial charge in [0.15, 0.2) is 0 Å². The van der Waals surface area contributed by atoms with Gasteiger partial charge in [-0.25, -0.2) is 4.39 Å². The van der Waals surface area contributed by atoms with Crippen molar-refractivity contribution in [1.29, 1.82) is 0 Å². The maximum atomic E-state index is 13.1. The van der Waals surface area contributed by atoms with E-state index in [9.17, 15) is 9.18 Å². The van der Waals surface area contributed by atoms with E-state index in [0.717, 1.165) is 35.6 Å². The van der Waals surface area contributed by atoms with Gasteiger partial charge in [0, 0.05) is 29.0 Å². The maximum absolute atomic E-state index is 13.1. The summed E-state index contributed by atoms with van der Waals surface area (Å²) in [6, 6.07) is 14.5. The van der Waals surface area contributed by atoms with Crippen LogP contribution in [-0.2, 0) is 4.79 Å². The van der Waals surface area contributed by atoms with Crippen LogP contribution in [0.15, 0.2) is 48.5 Å². The molecule has 1 aliphatic heterocycles. The van der Waals surface area contributed by atoms with Crippen LogP contribution in [0.5, 0.6) is 0 Å². The lowest BCUT2D eigenvalue weighted by Gasteiger charge is -2.36. The molecule has 5 heteroatoms. The van der Waals surface area contributed by atoms with E-state index >= 15 is 0 Å². The van der Waals surface area contributed by atoms with E-state index in [1.54, 1.807) is 12.1 Å². The monoisotopic (exact) mass is 375 g/mol. The van der Waals surface area contributed by atoms with Gasteiger partial charge in [0.05, 0.1) is 6.04 Å². The Morgan fingerprint density at radius 2 is 1.76 bits per heavy atom. The van der Waals surface area contributed by atoms with Gasteiger partial charge < -0.3 is 4.90 Å². The summed E-state index contributed by atoms with van der Waals surface area (Å²) >= 11 is 7.88. The fourth-order valence-corrected chi connectivity index (χ4v) is 4.80. The zero-order chi connectivity index (χ0) is 17.4. The number of benzene rings is 2. The lowest BCUT2D eigenvalue weighted by Crippen LogP contribution is -2.41. The first-order valence-electron chi connectivity index (χ1n) is 8.52. The zero-order valence-corrected chi connectivity index (χ0v) is 15.3. The average Bonchev–Trinajstić information content (AvgIpc) is 3.43. The Morgan fingerprint density at radius 3 is 2.48 bits per heavy atom. The summed E-state index contributed by atoms with van der Waals surface area (Å²) in [7, 11) is 0. The van der Waals surface area contributed by atoms with Crippen molar-refractivity contribution in [2.45, 2.75) is 18.4 Å². The highest BCUT2D eigenvalue weighted by Gasteiger charge is 2.47. The third kappa shape index (κ3) is 3.56. The number of nitrogens with zero attached hydrogens (tertiary/aromatic N) is 1. The molecular formula is C20H19ClFNOS. The molecule has 25 heavy (non-hydrogen) atoms. The summed E-state index contributed by atoms with van der Waals surface area (Å²) in [4.78, 5) is 15.1. The number of carbonyl (C=O) groups is 1. The smallest absolute Gasteiger partial charge is 0.226 e. The summed E-state index contributed by atoms with van der Waals surface area (Å²) in [5.74, 6) is 2.15. The van der Waals surface area contributed by atoms with Gasteiger partial charge in [-0.3, -0.25) is 4.79 Å². The van der Waals surface area contributed by atoms with Crippen LogP contribution in [0.4, 0.5) is 4.39 Å². The number of amides is 1. The maximum Gasteiger partial charge on any atom is 0.226 e. The molecule has 2 fully saturated rings. The summed E-state index contributed by atoms with van der Waals surface area (Å²) in [5.41, 5.74) is 2.21. The molecular weight excluding hydrogens is 357 g/mol. The van der Waals surface area contributed by atoms with Crippen LogP contribution in [0, 0.1) is 11.7 Å². The lowest BCUT2D eigenvalue weighted by molar-refractivity contribution is -0.134. The van der Waals surface area contributed by atoms with E-state index in [2.05, 4.69) is 0 Å². The number of thioether (sulfide) groups is 1. The van der Waals surface area contributed by atoms with E-state index in [0.29, 0.717) is 5.02 Å². The predicted octanol–water partition coefficient (Wildman–Crippen LogP) is 4.90. The molecule has 1 saturated carbocycles. The molecule has 4 rings (SSSR count). The fraction of sp³-hybridized carbons (Fsp3) is 0.350. The molecule has 3 atom stereocenters. The molecule has 0 spiro atoms. The molecule has 0 radical (unpaired) electrons. The van der Waals surface area contributed by atoms with Gasteiger partial charge in [-0.2, -0.15) is 11.8 Å². The molecule has 1 amide bonds. The molecule has 3 unspecified atom stereocenters. The Labute approximate surface area is 156 Å². The van der Waals surface area contributed by atoms with Gasteiger partial charge >= 0.3 is 0 Å². The third-order valence-corrected chi connectivity index (χ3v) is 6.35. The van der Waals surface area contributed by atoms with Gasteiger partial charge in [0.25, 0.3) is 0 Å². The third-order valence-electron chi connectivity index (χ3n) is 5.07. The molecule has 2 aromatic carbocycles. The Morgan fingerprint density at radius 1 is 1.08 bits per heavy atom. The van der Waals surface area contributed by atoms with Crippen LogP contribution < -0.4 is 0 Å². The van der Waals surface area contributed by atoms with Crippen LogP contribution in [0.25, 0.3) is 0 Å². The second kappa shape index (κ2) is 7.00. The molecule has 1 heterocycles. The van der Waals surface area contributed by atoms with E-state index < -0.39 is 0 Å². The van der Waals surface area contributed by atoms with Crippen LogP contribution in [0.3, 0.4) is 0 Å².